The molecule has 0 aliphatic carbocycles. The molecular weight excluding hydrogens is 347 g/mol. The molecule has 3 rings (SSSR count). The molecule has 2 amide bonds. The van der Waals surface area contributed by atoms with Gasteiger partial charge in [-0.1, -0.05) is 35.9 Å². The van der Waals surface area contributed by atoms with Crippen molar-refractivity contribution in [2.24, 2.45) is 0 Å². The first-order valence-electron chi connectivity index (χ1n) is 7.21. The Balaban J connectivity index is 1.68. The van der Waals surface area contributed by atoms with Gasteiger partial charge in [0.05, 0.1) is 28.0 Å². The van der Waals surface area contributed by atoms with Crippen LogP contribution in [0, 0.1) is 5.82 Å². The molecule has 6 nitrogen and oxygen atoms in total. The summed E-state index contributed by atoms with van der Waals surface area (Å²) in [4.78, 5) is 24.0. The number of halogens is 2. The Morgan fingerprint density at radius 3 is 2.44 bits per heavy atom. The molecule has 0 radical (unpaired) electrons. The lowest BCUT2D eigenvalue weighted by molar-refractivity contribution is 0.0844. The first kappa shape index (κ1) is 16.7. The molecule has 0 fully saturated rings. The summed E-state index contributed by atoms with van der Waals surface area (Å²) >= 11 is 6.08. The van der Waals surface area contributed by atoms with Crippen molar-refractivity contribution in [1.29, 1.82) is 0 Å². The van der Waals surface area contributed by atoms with Gasteiger partial charge in [0, 0.05) is 6.20 Å². The standard InChI is InChI=1S/C17H12ClFN4O2/c18-13-6-2-4-8-15(13)23-10-11(9-20-23)16(24)21-22-17(25)12-5-1-3-7-14(12)19/h1-10H,(H,21,24)(H,22,25). The average molecular weight is 359 g/mol. The zero-order valence-electron chi connectivity index (χ0n) is 12.7. The van der Waals surface area contributed by atoms with E-state index < -0.39 is 17.6 Å². The molecule has 0 saturated heterocycles. The Hall–Kier alpha value is -3.19. The van der Waals surface area contributed by atoms with Gasteiger partial charge in [-0.3, -0.25) is 20.4 Å². The minimum Gasteiger partial charge on any atom is -0.267 e. The Kier molecular flexibility index (Phi) is 4.76. The molecule has 0 bridgehead atoms. The van der Waals surface area contributed by atoms with Crippen molar-refractivity contribution in [3.8, 4) is 5.69 Å². The van der Waals surface area contributed by atoms with E-state index in [2.05, 4.69) is 16.0 Å². The maximum Gasteiger partial charge on any atom is 0.272 e. The van der Waals surface area contributed by atoms with Crippen LogP contribution in [-0.2, 0) is 0 Å². The number of aromatic nitrogens is 2. The monoisotopic (exact) mass is 358 g/mol. The number of nitrogens with one attached hydrogen (secondary N) is 2. The van der Waals surface area contributed by atoms with Gasteiger partial charge in [-0.15, -0.1) is 0 Å². The number of hydrogen-bond acceptors (Lipinski definition) is 3. The lowest BCUT2D eigenvalue weighted by Gasteiger charge is -2.07. The number of carbonyl (C=O) groups is 2. The summed E-state index contributed by atoms with van der Waals surface area (Å²) in [5, 5.41) is 4.54. The van der Waals surface area contributed by atoms with Gasteiger partial charge in [0.25, 0.3) is 11.8 Å². The van der Waals surface area contributed by atoms with Crippen LogP contribution in [0.1, 0.15) is 20.7 Å². The molecule has 0 spiro atoms. The fourth-order valence-electron chi connectivity index (χ4n) is 2.11. The van der Waals surface area contributed by atoms with E-state index in [-0.39, 0.29) is 11.1 Å². The summed E-state index contributed by atoms with van der Waals surface area (Å²) in [5.41, 5.74) is 5.01. The second-order valence-corrected chi connectivity index (χ2v) is 5.42. The van der Waals surface area contributed by atoms with Gasteiger partial charge in [0.1, 0.15) is 5.82 Å². The summed E-state index contributed by atoms with van der Waals surface area (Å²) < 4.78 is 15.0. The molecule has 8 heteroatoms. The van der Waals surface area contributed by atoms with Gasteiger partial charge < -0.3 is 0 Å². The van der Waals surface area contributed by atoms with E-state index in [4.69, 9.17) is 11.6 Å². The topological polar surface area (TPSA) is 76.0 Å². The minimum atomic E-state index is -0.759. The van der Waals surface area contributed by atoms with Crippen LogP contribution >= 0.6 is 11.6 Å². The van der Waals surface area contributed by atoms with Gasteiger partial charge in [-0.05, 0) is 24.3 Å². The predicted octanol–water partition coefficient (Wildman–Crippen LogP) is 2.74. The molecule has 126 valence electrons. The molecule has 1 aromatic heterocycles. The maximum atomic E-state index is 13.5. The number of nitrogens with zero attached hydrogens (tertiary/aromatic N) is 2. The van der Waals surface area contributed by atoms with Crippen LogP contribution < -0.4 is 10.9 Å². The first-order valence-corrected chi connectivity index (χ1v) is 7.59. The van der Waals surface area contributed by atoms with E-state index in [0.717, 1.165) is 6.07 Å². The van der Waals surface area contributed by atoms with Crippen LogP contribution in [0.3, 0.4) is 0 Å². The summed E-state index contributed by atoms with van der Waals surface area (Å²) in [7, 11) is 0. The van der Waals surface area contributed by atoms with Gasteiger partial charge in [-0.2, -0.15) is 5.10 Å². The molecule has 0 aliphatic rings. The van der Waals surface area contributed by atoms with Crippen LogP contribution in [0.25, 0.3) is 5.69 Å². The van der Waals surface area contributed by atoms with Crippen molar-refractivity contribution in [1.82, 2.24) is 20.6 Å². The van der Waals surface area contributed by atoms with E-state index in [1.165, 1.54) is 35.3 Å². The second kappa shape index (κ2) is 7.14. The predicted molar refractivity (Wildman–Crippen MR) is 89.9 cm³/mol. The van der Waals surface area contributed by atoms with Crippen LogP contribution in [-0.4, -0.2) is 21.6 Å². The lowest BCUT2D eigenvalue weighted by atomic mass is 10.2. The molecule has 2 aromatic carbocycles. The number of rotatable bonds is 3. The van der Waals surface area contributed by atoms with Gasteiger partial charge in [0.2, 0.25) is 0 Å². The van der Waals surface area contributed by atoms with Crippen LogP contribution in [0.5, 0.6) is 0 Å². The Morgan fingerprint density at radius 2 is 1.68 bits per heavy atom. The highest BCUT2D eigenvalue weighted by atomic mass is 35.5. The Morgan fingerprint density at radius 1 is 1.00 bits per heavy atom. The smallest absolute Gasteiger partial charge is 0.267 e. The van der Waals surface area contributed by atoms with Crippen LogP contribution in [0.2, 0.25) is 5.02 Å². The Bertz CT molecular complexity index is 942. The molecule has 0 aliphatic heterocycles. The van der Waals surface area contributed by atoms with Crippen molar-refractivity contribution < 1.29 is 14.0 Å². The highest BCUT2D eigenvalue weighted by Crippen LogP contribution is 2.19. The van der Waals surface area contributed by atoms with E-state index in [0.29, 0.717) is 10.7 Å². The maximum absolute atomic E-state index is 13.5. The fraction of sp³-hybridized carbons (Fsp3) is 0. The van der Waals surface area contributed by atoms with Crippen LogP contribution in [0.15, 0.2) is 60.9 Å². The molecule has 0 atom stereocenters. The molecular formula is C17H12ClFN4O2. The first-order chi connectivity index (χ1) is 12.1. The normalized spacial score (nSPS) is 10.3. The third-order valence-corrected chi connectivity index (χ3v) is 3.67. The average Bonchev–Trinajstić information content (AvgIpc) is 3.10. The molecule has 3 aromatic rings. The van der Waals surface area contributed by atoms with E-state index >= 15 is 0 Å². The number of hydrazine groups is 1. The highest BCUT2D eigenvalue weighted by Gasteiger charge is 2.14. The molecule has 0 saturated carbocycles. The van der Waals surface area contributed by atoms with Gasteiger partial charge in [0.15, 0.2) is 0 Å². The number of para-hydroxylation sites is 1. The van der Waals surface area contributed by atoms with Crippen LogP contribution in [0.4, 0.5) is 4.39 Å². The van der Waals surface area contributed by atoms with Gasteiger partial charge in [-0.25, -0.2) is 9.07 Å². The van der Waals surface area contributed by atoms with Crippen molar-refractivity contribution >= 4 is 23.4 Å². The van der Waals surface area contributed by atoms with Crippen molar-refractivity contribution in [2.45, 2.75) is 0 Å². The van der Waals surface area contributed by atoms with Crippen molar-refractivity contribution in [2.75, 3.05) is 0 Å². The molecule has 0 unspecified atom stereocenters. The van der Waals surface area contributed by atoms with E-state index in [9.17, 15) is 14.0 Å². The van der Waals surface area contributed by atoms with Crippen molar-refractivity contribution in [3.63, 3.8) is 0 Å². The number of carbonyl (C=O) groups excluding carboxylic acids is 2. The lowest BCUT2D eigenvalue weighted by Crippen LogP contribution is -2.41. The van der Waals surface area contributed by atoms with Gasteiger partial charge >= 0.3 is 0 Å². The summed E-state index contributed by atoms with van der Waals surface area (Å²) in [5.74, 6) is -2.03. The number of hydrogen-bond donors (Lipinski definition) is 2. The largest absolute Gasteiger partial charge is 0.272 e. The molecule has 25 heavy (non-hydrogen) atoms. The SMILES string of the molecule is O=C(NNC(=O)c1ccccc1F)c1cnn(-c2ccccc2Cl)c1. The number of amides is 2. The minimum absolute atomic E-state index is 0.172. The third-order valence-electron chi connectivity index (χ3n) is 3.35. The van der Waals surface area contributed by atoms with E-state index in [1.807, 2.05) is 0 Å². The molecule has 2 N–H and O–H groups in total. The highest BCUT2D eigenvalue weighted by molar-refractivity contribution is 6.32. The fourth-order valence-corrected chi connectivity index (χ4v) is 2.33. The Labute approximate surface area is 147 Å². The summed E-state index contributed by atoms with van der Waals surface area (Å²) in [6, 6.07) is 12.5. The summed E-state index contributed by atoms with van der Waals surface area (Å²) in [6.45, 7) is 0. The number of benzene rings is 2. The second-order valence-electron chi connectivity index (χ2n) is 5.01. The summed E-state index contributed by atoms with van der Waals surface area (Å²) in [6.07, 6.45) is 2.79. The zero-order chi connectivity index (χ0) is 17.8. The zero-order valence-corrected chi connectivity index (χ0v) is 13.5. The quantitative estimate of drug-likeness (QED) is 0.707. The third kappa shape index (κ3) is 3.67. The van der Waals surface area contributed by atoms with Crippen molar-refractivity contribution in [3.05, 3.63) is 82.9 Å². The van der Waals surface area contributed by atoms with E-state index in [1.54, 1.807) is 24.3 Å². The molecule has 1 heterocycles.